The van der Waals surface area contributed by atoms with Crippen molar-refractivity contribution in [1.29, 1.82) is 0 Å². The van der Waals surface area contributed by atoms with E-state index in [2.05, 4.69) is 69.4 Å². The molecule has 4 heteroatoms. The summed E-state index contributed by atoms with van der Waals surface area (Å²) < 4.78 is 2.04. The summed E-state index contributed by atoms with van der Waals surface area (Å²) in [5.41, 5.74) is 3.87. The highest BCUT2D eigenvalue weighted by molar-refractivity contribution is 5.46. The normalized spacial score (nSPS) is 15.9. The van der Waals surface area contributed by atoms with Crippen LogP contribution in [-0.2, 0) is 6.54 Å². The van der Waals surface area contributed by atoms with Gasteiger partial charge < -0.3 is 9.47 Å². The molecule has 0 bridgehead atoms. The van der Waals surface area contributed by atoms with Gasteiger partial charge in [0.1, 0.15) is 0 Å². The summed E-state index contributed by atoms with van der Waals surface area (Å²) in [6.45, 7) is 5.52. The topological polar surface area (TPSA) is 24.3 Å². The van der Waals surface area contributed by atoms with Crippen molar-refractivity contribution < 1.29 is 0 Å². The summed E-state index contributed by atoms with van der Waals surface area (Å²) in [5, 5.41) is 0. The molecule has 2 aromatic carbocycles. The quantitative estimate of drug-likeness (QED) is 0.730. The first-order valence-corrected chi connectivity index (χ1v) is 8.98. The fourth-order valence-corrected chi connectivity index (χ4v) is 3.47. The van der Waals surface area contributed by atoms with Crippen LogP contribution in [-0.4, -0.2) is 40.6 Å². The van der Waals surface area contributed by atoms with Gasteiger partial charge in [-0.1, -0.05) is 30.3 Å². The molecule has 4 nitrogen and oxygen atoms in total. The fraction of sp³-hybridized carbons (Fsp3) is 0.286. The maximum atomic E-state index is 4.11. The van der Waals surface area contributed by atoms with E-state index in [0.717, 1.165) is 38.4 Å². The first-order chi connectivity index (χ1) is 12.4. The number of para-hydroxylation sites is 1. The maximum absolute atomic E-state index is 4.11. The summed E-state index contributed by atoms with van der Waals surface area (Å²) in [6, 6.07) is 19.6. The predicted octanol–water partition coefficient (Wildman–Crippen LogP) is 3.58. The van der Waals surface area contributed by atoms with Gasteiger partial charge in [0.2, 0.25) is 0 Å². The van der Waals surface area contributed by atoms with Gasteiger partial charge in [-0.2, -0.15) is 0 Å². The zero-order valence-corrected chi connectivity index (χ0v) is 14.5. The van der Waals surface area contributed by atoms with Crippen molar-refractivity contribution >= 4 is 5.69 Å². The summed E-state index contributed by atoms with van der Waals surface area (Å²) in [4.78, 5) is 9.17. The molecule has 4 rings (SSSR count). The number of benzene rings is 2. The lowest BCUT2D eigenvalue weighted by Crippen LogP contribution is -2.30. The Morgan fingerprint density at radius 3 is 2.40 bits per heavy atom. The van der Waals surface area contributed by atoms with Gasteiger partial charge in [0.05, 0.1) is 6.33 Å². The van der Waals surface area contributed by atoms with Gasteiger partial charge in [0.15, 0.2) is 0 Å². The Hall–Kier alpha value is -2.59. The molecule has 1 saturated heterocycles. The van der Waals surface area contributed by atoms with Crippen LogP contribution in [0.1, 0.15) is 12.0 Å². The van der Waals surface area contributed by atoms with Crippen LogP contribution < -0.4 is 4.90 Å². The molecule has 128 valence electrons. The summed E-state index contributed by atoms with van der Waals surface area (Å²) >= 11 is 0. The monoisotopic (exact) mass is 332 g/mol. The molecule has 25 heavy (non-hydrogen) atoms. The highest BCUT2D eigenvalue weighted by Crippen LogP contribution is 2.17. The third-order valence-electron chi connectivity index (χ3n) is 4.85. The van der Waals surface area contributed by atoms with Crippen LogP contribution in [0.5, 0.6) is 0 Å². The molecule has 0 unspecified atom stereocenters. The molecule has 0 amide bonds. The van der Waals surface area contributed by atoms with Crippen molar-refractivity contribution in [3.05, 3.63) is 78.9 Å². The van der Waals surface area contributed by atoms with Crippen LogP contribution in [0, 0.1) is 0 Å². The van der Waals surface area contributed by atoms with Crippen LogP contribution in [0.4, 0.5) is 5.69 Å². The predicted molar refractivity (Wildman–Crippen MR) is 102 cm³/mol. The number of imidazole rings is 1. The molecular weight excluding hydrogens is 308 g/mol. The number of nitrogens with zero attached hydrogens (tertiary/aromatic N) is 4. The molecule has 1 fully saturated rings. The van der Waals surface area contributed by atoms with Crippen LogP contribution in [0.15, 0.2) is 73.3 Å². The van der Waals surface area contributed by atoms with E-state index in [1.54, 1.807) is 0 Å². The lowest BCUT2D eigenvalue weighted by molar-refractivity contribution is 0.285. The minimum absolute atomic E-state index is 1.02. The van der Waals surface area contributed by atoms with Gasteiger partial charge in [0.25, 0.3) is 0 Å². The molecule has 1 aromatic heterocycles. The van der Waals surface area contributed by atoms with E-state index in [0.29, 0.717) is 0 Å². The molecule has 0 radical (unpaired) electrons. The molecule has 0 N–H and O–H groups in total. The Balaban J connectivity index is 1.37. The van der Waals surface area contributed by atoms with Crippen LogP contribution in [0.3, 0.4) is 0 Å². The van der Waals surface area contributed by atoms with Gasteiger partial charge >= 0.3 is 0 Å². The lowest BCUT2D eigenvalue weighted by Gasteiger charge is -2.23. The minimum atomic E-state index is 1.02. The Morgan fingerprint density at radius 1 is 0.800 bits per heavy atom. The average Bonchev–Trinajstić information content (AvgIpc) is 3.10. The first kappa shape index (κ1) is 15.9. The van der Waals surface area contributed by atoms with Crippen molar-refractivity contribution in [1.82, 2.24) is 14.5 Å². The molecule has 0 atom stereocenters. The van der Waals surface area contributed by atoms with Gasteiger partial charge in [0, 0.05) is 56.5 Å². The largest absolute Gasteiger partial charge is 0.370 e. The van der Waals surface area contributed by atoms with Crippen molar-refractivity contribution in [3.63, 3.8) is 0 Å². The number of hydrogen-bond donors (Lipinski definition) is 0. The van der Waals surface area contributed by atoms with Gasteiger partial charge in [-0.3, -0.25) is 4.90 Å². The van der Waals surface area contributed by atoms with E-state index in [9.17, 15) is 0 Å². The highest BCUT2D eigenvalue weighted by atomic mass is 15.2. The SMILES string of the molecule is c1ccc(N2CCCN(Cc3ccc(-n4ccnc4)cc3)CC2)cc1. The van der Waals surface area contributed by atoms with Crippen molar-refractivity contribution in [2.24, 2.45) is 0 Å². The second kappa shape index (κ2) is 7.53. The zero-order chi connectivity index (χ0) is 16.9. The standard InChI is InChI=1S/C21H24N4/c1-2-5-20(6-3-1)24-13-4-12-23(15-16-24)17-19-7-9-21(10-8-19)25-14-11-22-18-25/h1-3,5-11,14,18H,4,12-13,15-17H2. The summed E-state index contributed by atoms with van der Waals surface area (Å²) in [7, 11) is 0. The zero-order valence-electron chi connectivity index (χ0n) is 14.5. The molecule has 1 aliphatic heterocycles. The maximum Gasteiger partial charge on any atom is 0.0991 e. The first-order valence-electron chi connectivity index (χ1n) is 8.98. The summed E-state index contributed by atoms with van der Waals surface area (Å²) in [6.07, 6.45) is 6.83. The summed E-state index contributed by atoms with van der Waals surface area (Å²) in [5.74, 6) is 0. The van der Waals surface area contributed by atoms with E-state index < -0.39 is 0 Å². The minimum Gasteiger partial charge on any atom is -0.370 e. The van der Waals surface area contributed by atoms with Gasteiger partial charge in [-0.25, -0.2) is 4.98 Å². The molecule has 0 aliphatic carbocycles. The van der Waals surface area contributed by atoms with E-state index in [4.69, 9.17) is 0 Å². The van der Waals surface area contributed by atoms with E-state index >= 15 is 0 Å². The number of anilines is 1. The smallest absolute Gasteiger partial charge is 0.0991 e. The second-order valence-electron chi connectivity index (χ2n) is 6.59. The Bertz CT molecular complexity index is 765. The molecule has 1 aliphatic rings. The second-order valence-corrected chi connectivity index (χ2v) is 6.59. The van der Waals surface area contributed by atoms with Crippen LogP contribution in [0.2, 0.25) is 0 Å². The highest BCUT2D eigenvalue weighted by Gasteiger charge is 2.15. The Morgan fingerprint density at radius 2 is 1.64 bits per heavy atom. The van der Waals surface area contributed by atoms with Gasteiger partial charge in [-0.15, -0.1) is 0 Å². The third-order valence-corrected chi connectivity index (χ3v) is 4.85. The molecule has 3 aromatic rings. The van der Waals surface area contributed by atoms with Crippen LogP contribution >= 0.6 is 0 Å². The van der Waals surface area contributed by atoms with E-state index in [1.165, 1.54) is 17.7 Å². The average molecular weight is 332 g/mol. The number of hydrogen-bond acceptors (Lipinski definition) is 3. The van der Waals surface area contributed by atoms with Crippen molar-refractivity contribution in [2.45, 2.75) is 13.0 Å². The van der Waals surface area contributed by atoms with Crippen molar-refractivity contribution in [2.75, 3.05) is 31.1 Å². The number of rotatable bonds is 4. The Labute approximate surface area is 149 Å². The lowest BCUT2D eigenvalue weighted by atomic mass is 10.2. The Kier molecular flexibility index (Phi) is 4.79. The third kappa shape index (κ3) is 3.91. The van der Waals surface area contributed by atoms with Crippen molar-refractivity contribution in [3.8, 4) is 5.69 Å². The molecule has 0 spiro atoms. The number of aromatic nitrogens is 2. The molecule has 2 heterocycles. The molecule has 0 saturated carbocycles. The van der Waals surface area contributed by atoms with E-state index in [-0.39, 0.29) is 0 Å². The molecular formula is C21H24N4. The van der Waals surface area contributed by atoms with Crippen LogP contribution in [0.25, 0.3) is 5.69 Å². The van der Waals surface area contributed by atoms with E-state index in [1.807, 2.05) is 23.3 Å². The van der Waals surface area contributed by atoms with Gasteiger partial charge in [-0.05, 0) is 36.2 Å². The fourth-order valence-electron chi connectivity index (χ4n) is 3.47.